The molecule has 0 aliphatic carbocycles. The van der Waals surface area contributed by atoms with Crippen LogP contribution in [0.2, 0.25) is 0 Å². The zero-order chi connectivity index (χ0) is 10.8. The Balaban J connectivity index is 2.35. The van der Waals surface area contributed by atoms with Crippen molar-refractivity contribution in [3.05, 3.63) is 42.6 Å². The standard InChI is InChI=1S/C11H9BN2O/c1-7(13)8-2-3-9(14-6-8)10-4-5-11(12)15-10/h2-6H,1,13H2. The van der Waals surface area contributed by atoms with Crippen molar-refractivity contribution in [2.24, 2.45) is 5.73 Å². The van der Waals surface area contributed by atoms with E-state index in [1.165, 1.54) is 0 Å². The highest BCUT2D eigenvalue weighted by Crippen LogP contribution is 2.17. The van der Waals surface area contributed by atoms with Crippen LogP contribution in [0.4, 0.5) is 0 Å². The maximum Gasteiger partial charge on any atom is 0.167 e. The van der Waals surface area contributed by atoms with Crippen molar-refractivity contribution in [2.45, 2.75) is 0 Å². The second kappa shape index (κ2) is 3.65. The molecule has 72 valence electrons. The first-order valence-corrected chi connectivity index (χ1v) is 4.43. The van der Waals surface area contributed by atoms with Crippen molar-refractivity contribution in [1.29, 1.82) is 0 Å². The molecule has 0 aliphatic rings. The summed E-state index contributed by atoms with van der Waals surface area (Å²) < 4.78 is 5.23. The molecule has 0 saturated carbocycles. The number of nitrogens with zero attached hydrogens (tertiary/aromatic N) is 1. The van der Waals surface area contributed by atoms with E-state index in [0.717, 1.165) is 11.3 Å². The first-order valence-electron chi connectivity index (χ1n) is 4.43. The number of pyridine rings is 1. The highest BCUT2D eigenvalue weighted by molar-refractivity contribution is 6.29. The molecule has 3 nitrogen and oxygen atoms in total. The zero-order valence-electron chi connectivity index (χ0n) is 8.10. The second-order valence-electron chi connectivity index (χ2n) is 3.16. The second-order valence-corrected chi connectivity index (χ2v) is 3.16. The van der Waals surface area contributed by atoms with Gasteiger partial charge in [0.1, 0.15) is 5.69 Å². The van der Waals surface area contributed by atoms with Gasteiger partial charge in [-0.1, -0.05) is 6.58 Å². The number of nitrogens with two attached hydrogens (primary N) is 1. The first-order chi connectivity index (χ1) is 7.16. The Hall–Kier alpha value is -1.97. The van der Waals surface area contributed by atoms with Crippen LogP contribution in [0.3, 0.4) is 0 Å². The summed E-state index contributed by atoms with van der Waals surface area (Å²) in [7, 11) is 5.47. The summed E-state index contributed by atoms with van der Waals surface area (Å²) in [5.74, 6) is 0.640. The molecule has 0 aromatic carbocycles. The van der Waals surface area contributed by atoms with E-state index in [0.29, 0.717) is 17.1 Å². The van der Waals surface area contributed by atoms with E-state index in [4.69, 9.17) is 18.0 Å². The lowest BCUT2D eigenvalue weighted by Crippen LogP contribution is -1.95. The fraction of sp³-hybridized carbons (Fsp3) is 0. The number of hydrogen-bond donors (Lipinski definition) is 1. The molecule has 2 N–H and O–H groups in total. The number of hydrogen-bond acceptors (Lipinski definition) is 3. The van der Waals surface area contributed by atoms with Crippen LogP contribution in [0.5, 0.6) is 0 Å². The van der Waals surface area contributed by atoms with Crippen LogP contribution >= 0.6 is 0 Å². The van der Waals surface area contributed by atoms with Crippen LogP contribution in [0, 0.1) is 0 Å². The van der Waals surface area contributed by atoms with Crippen molar-refractivity contribution in [1.82, 2.24) is 4.98 Å². The quantitative estimate of drug-likeness (QED) is 0.730. The van der Waals surface area contributed by atoms with Crippen LogP contribution in [0.25, 0.3) is 17.2 Å². The normalized spacial score (nSPS) is 10.1. The van der Waals surface area contributed by atoms with Gasteiger partial charge >= 0.3 is 0 Å². The van der Waals surface area contributed by atoms with Crippen LogP contribution in [-0.4, -0.2) is 12.8 Å². The third-order valence-electron chi connectivity index (χ3n) is 2.01. The predicted octanol–water partition coefficient (Wildman–Crippen LogP) is 1.06. The molecule has 0 atom stereocenters. The number of aromatic nitrogens is 1. The fourth-order valence-electron chi connectivity index (χ4n) is 1.22. The summed E-state index contributed by atoms with van der Waals surface area (Å²) in [6.45, 7) is 3.63. The Kier molecular flexibility index (Phi) is 2.33. The lowest BCUT2D eigenvalue weighted by molar-refractivity contribution is 0.615. The maximum atomic E-state index is 5.53. The summed E-state index contributed by atoms with van der Waals surface area (Å²) >= 11 is 0. The van der Waals surface area contributed by atoms with Crippen molar-refractivity contribution in [3.8, 4) is 11.5 Å². The summed E-state index contributed by atoms with van der Waals surface area (Å²) in [5, 5.41) is 0. The van der Waals surface area contributed by atoms with Crippen LogP contribution in [0.1, 0.15) is 5.56 Å². The predicted molar refractivity (Wildman–Crippen MR) is 60.5 cm³/mol. The highest BCUT2D eigenvalue weighted by Gasteiger charge is 2.03. The molecule has 4 heteroatoms. The average molecular weight is 196 g/mol. The van der Waals surface area contributed by atoms with E-state index in [-0.39, 0.29) is 0 Å². The Morgan fingerprint density at radius 3 is 2.60 bits per heavy atom. The molecule has 2 rings (SSSR count). The van der Waals surface area contributed by atoms with E-state index in [2.05, 4.69) is 11.6 Å². The molecule has 0 fully saturated rings. The van der Waals surface area contributed by atoms with Gasteiger partial charge in [0.05, 0.1) is 0 Å². The topological polar surface area (TPSA) is 52.0 Å². The van der Waals surface area contributed by atoms with Gasteiger partial charge in [0.25, 0.3) is 0 Å². The molecule has 0 unspecified atom stereocenters. The van der Waals surface area contributed by atoms with Crippen molar-refractivity contribution >= 4 is 19.2 Å². The Labute approximate surface area is 89.0 Å². The smallest absolute Gasteiger partial charge is 0.167 e. The van der Waals surface area contributed by atoms with Crippen molar-refractivity contribution < 1.29 is 4.42 Å². The van der Waals surface area contributed by atoms with Crippen LogP contribution in [-0.2, 0) is 0 Å². The molecule has 0 spiro atoms. The molecule has 2 radical (unpaired) electrons. The number of rotatable bonds is 2. The van der Waals surface area contributed by atoms with Gasteiger partial charge in [-0.05, 0) is 24.3 Å². The van der Waals surface area contributed by atoms with Gasteiger partial charge in [-0.3, -0.25) is 4.98 Å². The molecule has 2 aromatic rings. The summed E-state index contributed by atoms with van der Waals surface area (Å²) in [6, 6.07) is 7.11. The van der Waals surface area contributed by atoms with E-state index in [9.17, 15) is 0 Å². The molecule has 0 aliphatic heterocycles. The monoisotopic (exact) mass is 196 g/mol. The Bertz CT molecular complexity index is 488. The van der Waals surface area contributed by atoms with Crippen molar-refractivity contribution in [2.75, 3.05) is 0 Å². The lowest BCUT2D eigenvalue weighted by Gasteiger charge is -2.00. The van der Waals surface area contributed by atoms with E-state index in [1.54, 1.807) is 18.3 Å². The van der Waals surface area contributed by atoms with E-state index >= 15 is 0 Å². The van der Waals surface area contributed by atoms with Gasteiger partial charge in [-0.15, -0.1) is 0 Å². The highest BCUT2D eigenvalue weighted by atomic mass is 16.3. The van der Waals surface area contributed by atoms with Gasteiger partial charge in [-0.25, -0.2) is 0 Å². The molecule has 0 bridgehead atoms. The van der Waals surface area contributed by atoms with E-state index in [1.807, 2.05) is 12.1 Å². The van der Waals surface area contributed by atoms with Crippen LogP contribution in [0.15, 0.2) is 41.5 Å². The average Bonchev–Trinajstić information content (AvgIpc) is 2.65. The van der Waals surface area contributed by atoms with Gasteiger partial charge in [0.2, 0.25) is 0 Å². The molecule has 0 amide bonds. The SMILES string of the molecule is [B]c1ccc(-c2ccc(C(=C)N)cn2)o1. The Morgan fingerprint density at radius 1 is 1.33 bits per heavy atom. The van der Waals surface area contributed by atoms with Gasteiger partial charge in [0, 0.05) is 23.1 Å². The minimum absolute atomic E-state index is 0.374. The van der Waals surface area contributed by atoms with Gasteiger partial charge in [0.15, 0.2) is 13.6 Å². The summed E-state index contributed by atoms with van der Waals surface area (Å²) in [4.78, 5) is 4.19. The zero-order valence-corrected chi connectivity index (χ0v) is 8.10. The Morgan fingerprint density at radius 2 is 2.13 bits per heavy atom. The molecule has 0 saturated heterocycles. The van der Waals surface area contributed by atoms with Gasteiger partial charge < -0.3 is 10.2 Å². The van der Waals surface area contributed by atoms with Crippen LogP contribution < -0.4 is 11.4 Å². The molecular formula is C11H9BN2O. The number of furan rings is 1. The fourth-order valence-corrected chi connectivity index (χ4v) is 1.22. The largest absolute Gasteiger partial charge is 0.471 e. The van der Waals surface area contributed by atoms with Gasteiger partial charge in [-0.2, -0.15) is 0 Å². The third-order valence-corrected chi connectivity index (χ3v) is 2.01. The lowest BCUT2D eigenvalue weighted by atomic mass is 10.1. The molecule has 15 heavy (non-hydrogen) atoms. The minimum Gasteiger partial charge on any atom is -0.471 e. The summed E-state index contributed by atoms with van der Waals surface area (Å²) in [6.07, 6.45) is 1.65. The molecule has 2 heterocycles. The first kappa shape index (κ1) is 9.58. The maximum absolute atomic E-state index is 5.53. The van der Waals surface area contributed by atoms with Crippen molar-refractivity contribution in [3.63, 3.8) is 0 Å². The molecular weight excluding hydrogens is 187 g/mol. The third kappa shape index (κ3) is 1.93. The summed E-state index contributed by atoms with van der Waals surface area (Å²) in [5.41, 5.74) is 7.92. The van der Waals surface area contributed by atoms with E-state index < -0.39 is 0 Å². The molecule has 2 aromatic heterocycles. The minimum atomic E-state index is 0.374.